The molecule has 126 valence electrons. The van der Waals surface area contributed by atoms with Crippen molar-refractivity contribution < 1.29 is 14.5 Å². The number of hydrogen-bond acceptors (Lipinski definition) is 4. The highest BCUT2D eigenvalue weighted by atomic mass is 35.5. The second kappa shape index (κ2) is 7.79. The van der Waals surface area contributed by atoms with Crippen LogP contribution in [-0.4, -0.2) is 17.4 Å². The Labute approximate surface area is 144 Å². The first-order chi connectivity index (χ1) is 11.4. The zero-order chi connectivity index (χ0) is 17.7. The molecule has 0 aliphatic carbocycles. The molecule has 1 atom stereocenters. The van der Waals surface area contributed by atoms with Crippen molar-refractivity contribution in [2.24, 2.45) is 0 Å². The largest absolute Gasteiger partial charge is 0.484 e. The molecular formula is C17H17ClN2O4. The van der Waals surface area contributed by atoms with Crippen LogP contribution in [-0.2, 0) is 4.79 Å². The molecule has 0 radical (unpaired) electrons. The van der Waals surface area contributed by atoms with E-state index >= 15 is 0 Å². The summed E-state index contributed by atoms with van der Waals surface area (Å²) in [6, 6.07) is 11.4. The molecule has 0 bridgehead atoms. The van der Waals surface area contributed by atoms with Crippen LogP contribution in [0.2, 0.25) is 5.02 Å². The zero-order valence-electron chi connectivity index (χ0n) is 13.3. The third-order valence-electron chi connectivity index (χ3n) is 3.46. The second-order valence-electron chi connectivity index (χ2n) is 5.34. The lowest BCUT2D eigenvalue weighted by molar-refractivity contribution is -0.385. The van der Waals surface area contributed by atoms with Crippen LogP contribution in [0.4, 0.5) is 5.69 Å². The summed E-state index contributed by atoms with van der Waals surface area (Å²) < 4.78 is 5.38. The first-order valence-electron chi connectivity index (χ1n) is 7.29. The summed E-state index contributed by atoms with van der Waals surface area (Å²) in [6.45, 7) is 3.29. The summed E-state index contributed by atoms with van der Waals surface area (Å²) in [5.74, 6) is 0.113. The van der Waals surface area contributed by atoms with Gasteiger partial charge in [-0.2, -0.15) is 0 Å². The molecule has 2 aromatic rings. The number of halogens is 1. The van der Waals surface area contributed by atoms with Gasteiger partial charge in [0.2, 0.25) is 0 Å². The number of rotatable bonds is 6. The summed E-state index contributed by atoms with van der Waals surface area (Å²) in [5.41, 5.74) is 1.38. The van der Waals surface area contributed by atoms with E-state index in [9.17, 15) is 14.9 Å². The molecule has 0 aliphatic rings. The van der Waals surface area contributed by atoms with Crippen LogP contribution in [0.5, 0.6) is 5.75 Å². The Hall–Kier alpha value is -2.60. The number of nitro benzene ring substituents is 1. The third kappa shape index (κ3) is 4.70. The number of ether oxygens (including phenoxy) is 1. The maximum absolute atomic E-state index is 12.0. The molecule has 24 heavy (non-hydrogen) atoms. The van der Waals surface area contributed by atoms with Crippen molar-refractivity contribution in [3.63, 3.8) is 0 Å². The number of hydrogen-bond donors (Lipinski definition) is 1. The highest BCUT2D eigenvalue weighted by Crippen LogP contribution is 2.23. The lowest BCUT2D eigenvalue weighted by atomic mass is 10.1. The number of carbonyl (C=O) groups excluding carboxylic acids is 1. The van der Waals surface area contributed by atoms with Gasteiger partial charge in [0.25, 0.3) is 11.6 Å². The number of nitro groups is 1. The van der Waals surface area contributed by atoms with E-state index in [1.54, 1.807) is 19.1 Å². The maximum Gasteiger partial charge on any atom is 0.272 e. The van der Waals surface area contributed by atoms with Crippen LogP contribution < -0.4 is 10.1 Å². The number of aryl methyl sites for hydroxylation is 1. The van der Waals surface area contributed by atoms with Crippen molar-refractivity contribution in [2.45, 2.75) is 19.9 Å². The van der Waals surface area contributed by atoms with E-state index in [-0.39, 0.29) is 24.2 Å². The fourth-order valence-corrected chi connectivity index (χ4v) is 2.41. The van der Waals surface area contributed by atoms with E-state index in [0.29, 0.717) is 16.3 Å². The number of amides is 1. The van der Waals surface area contributed by atoms with Gasteiger partial charge in [0, 0.05) is 16.7 Å². The predicted molar refractivity (Wildman–Crippen MR) is 91.3 cm³/mol. The van der Waals surface area contributed by atoms with Crippen LogP contribution in [0.15, 0.2) is 42.5 Å². The van der Waals surface area contributed by atoms with Gasteiger partial charge in [0.1, 0.15) is 5.75 Å². The molecule has 0 saturated heterocycles. The predicted octanol–water partition coefficient (Wildman–Crippen LogP) is 3.81. The quantitative estimate of drug-likeness (QED) is 0.635. The Morgan fingerprint density at radius 2 is 2.08 bits per heavy atom. The minimum atomic E-state index is -0.460. The Bertz CT molecular complexity index is 764. The van der Waals surface area contributed by atoms with Gasteiger partial charge < -0.3 is 10.1 Å². The lowest BCUT2D eigenvalue weighted by Crippen LogP contribution is -2.31. The highest BCUT2D eigenvalue weighted by molar-refractivity contribution is 6.30. The van der Waals surface area contributed by atoms with E-state index < -0.39 is 4.92 Å². The van der Waals surface area contributed by atoms with E-state index in [2.05, 4.69) is 5.32 Å². The van der Waals surface area contributed by atoms with Gasteiger partial charge >= 0.3 is 0 Å². The van der Waals surface area contributed by atoms with Gasteiger partial charge in [0.15, 0.2) is 6.61 Å². The van der Waals surface area contributed by atoms with Crippen molar-refractivity contribution in [3.8, 4) is 5.75 Å². The minimum absolute atomic E-state index is 0.0152. The van der Waals surface area contributed by atoms with Crippen LogP contribution in [0.3, 0.4) is 0 Å². The standard InChI is InChI=1S/C17H17ClN2O4/c1-11-8-15(6-7-16(11)20(22)23)24-10-17(21)19-12(2)13-4-3-5-14(18)9-13/h3-9,12H,10H2,1-2H3,(H,19,21). The van der Waals surface area contributed by atoms with E-state index in [1.807, 2.05) is 19.1 Å². The number of nitrogens with one attached hydrogen (secondary N) is 1. The number of nitrogens with zero attached hydrogens (tertiary/aromatic N) is 1. The molecule has 0 heterocycles. The van der Waals surface area contributed by atoms with Crippen LogP contribution in [0, 0.1) is 17.0 Å². The summed E-state index contributed by atoms with van der Waals surface area (Å²) >= 11 is 5.93. The molecule has 7 heteroatoms. The molecule has 0 saturated carbocycles. The van der Waals surface area contributed by atoms with Gasteiger partial charge in [-0.25, -0.2) is 0 Å². The average Bonchev–Trinajstić information content (AvgIpc) is 2.52. The molecular weight excluding hydrogens is 332 g/mol. The Kier molecular flexibility index (Phi) is 5.76. The lowest BCUT2D eigenvalue weighted by Gasteiger charge is -2.15. The van der Waals surface area contributed by atoms with Crippen molar-refractivity contribution in [2.75, 3.05) is 6.61 Å². The average molecular weight is 349 g/mol. The molecule has 2 aromatic carbocycles. The monoisotopic (exact) mass is 348 g/mol. The maximum atomic E-state index is 12.0. The fraction of sp³-hybridized carbons (Fsp3) is 0.235. The molecule has 1 unspecified atom stereocenters. The normalized spacial score (nSPS) is 11.6. The number of benzene rings is 2. The Morgan fingerprint density at radius 1 is 1.33 bits per heavy atom. The smallest absolute Gasteiger partial charge is 0.272 e. The van der Waals surface area contributed by atoms with Crippen LogP contribution >= 0.6 is 11.6 Å². The van der Waals surface area contributed by atoms with Crippen molar-refractivity contribution >= 4 is 23.2 Å². The fourth-order valence-electron chi connectivity index (χ4n) is 2.21. The molecule has 0 aliphatic heterocycles. The van der Waals surface area contributed by atoms with E-state index in [1.165, 1.54) is 18.2 Å². The Morgan fingerprint density at radius 3 is 2.71 bits per heavy atom. The van der Waals surface area contributed by atoms with Gasteiger partial charge in [-0.05, 0) is 43.7 Å². The molecule has 6 nitrogen and oxygen atoms in total. The van der Waals surface area contributed by atoms with Gasteiger partial charge in [-0.15, -0.1) is 0 Å². The van der Waals surface area contributed by atoms with E-state index in [0.717, 1.165) is 5.56 Å². The first-order valence-corrected chi connectivity index (χ1v) is 7.67. The summed E-state index contributed by atoms with van der Waals surface area (Å²) in [4.78, 5) is 22.3. The first kappa shape index (κ1) is 17.7. The van der Waals surface area contributed by atoms with Crippen LogP contribution in [0.25, 0.3) is 0 Å². The summed E-state index contributed by atoms with van der Waals surface area (Å²) in [5, 5.41) is 14.2. The third-order valence-corrected chi connectivity index (χ3v) is 3.70. The molecule has 0 spiro atoms. The highest BCUT2D eigenvalue weighted by Gasteiger charge is 2.13. The van der Waals surface area contributed by atoms with Crippen LogP contribution in [0.1, 0.15) is 24.1 Å². The van der Waals surface area contributed by atoms with Crippen molar-refractivity contribution in [3.05, 3.63) is 68.7 Å². The molecule has 1 N–H and O–H groups in total. The van der Waals surface area contributed by atoms with E-state index in [4.69, 9.17) is 16.3 Å². The van der Waals surface area contributed by atoms with Crippen molar-refractivity contribution in [1.82, 2.24) is 5.32 Å². The minimum Gasteiger partial charge on any atom is -0.484 e. The Balaban J connectivity index is 1.91. The topological polar surface area (TPSA) is 81.5 Å². The van der Waals surface area contributed by atoms with Gasteiger partial charge in [-0.1, -0.05) is 23.7 Å². The SMILES string of the molecule is Cc1cc(OCC(=O)NC(C)c2cccc(Cl)c2)ccc1[N+](=O)[O-]. The van der Waals surface area contributed by atoms with Crippen molar-refractivity contribution in [1.29, 1.82) is 0 Å². The molecule has 0 fully saturated rings. The summed E-state index contributed by atoms with van der Waals surface area (Å²) in [7, 11) is 0. The molecule has 0 aromatic heterocycles. The van der Waals surface area contributed by atoms with Gasteiger partial charge in [-0.3, -0.25) is 14.9 Å². The second-order valence-corrected chi connectivity index (χ2v) is 5.77. The zero-order valence-corrected chi connectivity index (χ0v) is 14.0. The number of carbonyl (C=O) groups is 1. The summed E-state index contributed by atoms with van der Waals surface area (Å²) in [6.07, 6.45) is 0. The molecule has 1 amide bonds. The molecule has 2 rings (SSSR count). The van der Waals surface area contributed by atoms with Gasteiger partial charge in [0.05, 0.1) is 11.0 Å².